The minimum Gasteiger partial charge on any atom is -0.452 e. The number of nitrogens with one attached hydrogen (secondary N) is 2. The summed E-state index contributed by atoms with van der Waals surface area (Å²) in [5.41, 5.74) is 2.51. The maximum absolute atomic E-state index is 13.1. The third kappa shape index (κ3) is 5.55. The summed E-state index contributed by atoms with van der Waals surface area (Å²) in [5.74, 6) is -0.932. The molecule has 6 rings (SSSR count). The summed E-state index contributed by atoms with van der Waals surface area (Å²) in [7, 11) is -3.88. The van der Waals surface area contributed by atoms with Crippen molar-refractivity contribution in [2.75, 3.05) is 16.6 Å². The molecule has 0 fully saturated rings. The first-order valence-electron chi connectivity index (χ1n) is 12.5. The Morgan fingerprint density at radius 2 is 1.69 bits per heavy atom. The largest absolute Gasteiger partial charge is 0.452 e. The van der Waals surface area contributed by atoms with Crippen LogP contribution in [0.1, 0.15) is 15.4 Å². The monoisotopic (exact) mass is 599 g/mol. The molecule has 0 unspecified atom stereocenters. The molecule has 0 radical (unpaired) electrons. The van der Waals surface area contributed by atoms with Crippen molar-refractivity contribution in [2.45, 2.75) is 11.8 Å². The molecule has 0 bridgehead atoms. The topological polar surface area (TPSA) is 153 Å². The first kappa shape index (κ1) is 27.1. The summed E-state index contributed by atoms with van der Waals surface area (Å²) in [6.07, 6.45) is 0. The lowest BCUT2D eigenvalue weighted by molar-refractivity contribution is -0.119. The summed E-state index contributed by atoms with van der Waals surface area (Å²) >= 11 is 1.11. The lowest BCUT2D eigenvalue weighted by Crippen LogP contribution is -2.21. The van der Waals surface area contributed by atoms with Crippen LogP contribution in [0.25, 0.3) is 33.3 Å². The van der Waals surface area contributed by atoms with Gasteiger partial charge in [0.05, 0.1) is 10.5 Å². The van der Waals surface area contributed by atoms with Gasteiger partial charge in [-0.15, -0.1) is 10.2 Å². The van der Waals surface area contributed by atoms with Crippen molar-refractivity contribution in [3.8, 4) is 11.5 Å². The number of fused-ring (bicyclic) bond motifs is 2. The van der Waals surface area contributed by atoms with Gasteiger partial charge in [0.15, 0.2) is 12.2 Å². The lowest BCUT2D eigenvalue weighted by atomic mass is 9.99. The molecule has 2 N–H and O–H groups in total. The molecular formula is C29H21N5O6S2. The van der Waals surface area contributed by atoms with Crippen molar-refractivity contribution in [2.24, 2.45) is 0 Å². The number of hydrogen-bond donors (Lipinski definition) is 2. The van der Waals surface area contributed by atoms with Crippen LogP contribution < -0.4 is 10.0 Å². The molecule has 0 saturated carbocycles. The first-order chi connectivity index (χ1) is 20.3. The molecule has 6 aromatic rings. The van der Waals surface area contributed by atoms with Crippen molar-refractivity contribution < 1.29 is 27.2 Å². The van der Waals surface area contributed by atoms with Gasteiger partial charge in [0.2, 0.25) is 11.0 Å². The number of para-hydroxylation sites is 2. The van der Waals surface area contributed by atoms with Gasteiger partial charge < -0.3 is 14.5 Å². The fraction of sp³-hybridized carbons (Fsp3) is 0.0690. The van der Waals surface area contributed by atoms with Gasteiger partial charge >= 0.3 is 5.97 Å². The van der Waals surface area contributed by atoms with Gasteiger partial charge in [0.1, 0.15) is 10.5 Å². The minimum atomic E-state index is -3.88. The molecule has 42 heavy (non-hydrogen) atoms. The van der Waals surface area contributed by atoms with Gasteiger partial charge in [0, 0.05) is 16.6 Å². The highest BCUT2D eigenvalue weighted by Gasteiger charge is 2.20. The van der Waals surface area contributed by atoms with E-state index >= 15 is 0 Å². The van der Waals surface area contributed by atoms with Gasteiger partial charge in [-0.05, 0) is 60.8 Å². The number of nitrogens with zero attached hydrogens (tertiary/aromatic N) is 3. The molecular weight excluding hydrogens is 578 g/mol. The van der Waals surface area contributed by atoms with E-state index in [1.54, 1.807) is 19.1 Å². The molecule has 11 nitrogen and oxygen atoms in total. The second-order valence-electron chi connectivity index (χ2n) is 9.08. The van der Waals surface area contributed by atoms with Crippen LogP contribution in [0, 0.1) is 6.92 Å². The van der Waals surface area contributed by atoms with Crippen molar-refractivity contribution >= 4 is 65.9 Å². The zero-order chi connectivity index (χ0) is 29.3. The molecule has 0 aliphatic carbocycles. The number of hydrogen-bond acceptors (Lipinski definition) is 10. The third-order valence-electron chi connectivity index (χ3n) is 6.18. The van der Waals surface area contributed by atoms with E-state index in [2.05, 4.69) is 25.2 Å². The summed E-state index contributed by atoms with van der Waals surface area (Å²) in [6.45, 7) is 1.15. The van der Waals surface area contributed by atoms with Gasteiger partial charge in [0.25, 0.3) is 15.9 Å². The molecule has 13 heteroatoms. The van der Waals surface area contributed by atoms with E-state index in [4.69, 9.17) is 9.15 Å². The molecule has 0 aliphatic heterocycles. The smallest absolute Gasteiger partial charge is 0.339 e. The van der Waals surface area contributed by atoms with E-state index in [1.165, 1.54) is 24.3 Å². The van der Waals surface area contributed by atoms with E-state index in [1.807, 2.05) is 48.5 Å². The zero-order valence-corrected chi connectivity index (χ0v) is 23.5. The molecule has 0 saturated heterocycles. The van der Waals surface area contributed by atoms with Crippen LogP contribution in [0.2, 0.25) is 0 Å². The summed E-state index contributed by atoms with van der Waals surface area (Å²) < 4.78 is 38.8. The van der Waals surface area contributed by atoms with Crippen molar-refractivity contribution in [3.63, 3.8) is 0 Å². The van der Waals surface area contributed by atoms with Gasteiger partial charge in [-0.2, -0.15) is 0 Å². The highest BCUT2D eigenvalue weighted by Crippen LogP contribution is 2.33. The predicted molar refractivity (Wildman–Crippen MR) is 158 cm³/mol. The standard InChI is InChI=1S/C29H21N5O6S2/c1-17-32-33-29(41-17)34-42(37,38)20-14-12-19(13-15-20)30-25(35)16-39-28(36)22-9-5-7-18-6-4-8-21(26(18)22)27-31-23-10-2-3-11-24(23)40-27/h2-15H,16H2,1H3,(H,30,35)(H,33,34). The second-order valence-corrected chi connectivity index (χ2v) is 11.9. The number of aromatic nitrogens is 3. The number of ether oxygens (including phenoxy) is 1. The number of carbonyl (C=O) groups excluding carboxylic acids is 2. The van der Waals surface area contributed by atoms with Crippen LogP contribution >= 0.6 is 11.3 Å². The Morgan fingerprint density at radius 1 is 0.929 bits per heavy atom. The Bertz CT molecular complexity index is 2030. The van der Waals surface area contributed by atoms with E-state index in [0.29, 0.717) is 38.6 Å². The molecule has 4 aromatic carbocycles. The summed E-state index contributed by atoms with van der Waals surface area (Å²) in [6, 6.07) is 23.6. The van der Waals surface area contributed by atoms with Crippen LogP contribution in [-0.4, -0.2) is 42.1 Å². The number of esters is 1. The highest BCUT2D eigenvalue weighted by atomic mass is 32.2. The number of rotatable bonds is 8. The molecule has 1 amide bonds. The average molecular weight is 600 g/mol. The molecule has 0 aliphatic rings. The molecule has 2 aromatic heterocycles. The Balaban J connectivity index is 1.15. The van der Waals surface area contributed by atoms with Crippen LogP contribution in [0.15, 0.2) is 94.2 Å². The highest BCUT2D eigenvalue weighted by molar-refractivity contribution is 7.93. The Morgan fingerprint density at radius 3 is 2.43 bits per heavy atom. The average Bonchev–Trinajstić information content (AvgIpc) is 3.60. The number of anilines is 2. The summed E-state index contributed by atoms with van der Waals surface area (Å²) in [4.78, 5) is 30.3. The Kier molecular flexibility index (Phi) is 7.10. The molecule has 2 heterocycles. The van der Waals surface area contributed by atoms with E-state index in [9.17, 15) is 18.0 Å². The lowest BCUT2D eigenvalue weighted by Gasteiger charge is -2.11. The Labute approximate surface area is 243 Å². The van der Waals surface area contributed by atoms with Gasteiger partial charge in [-0.3, -0.25) is 9.52 Å². The van der Waals surface area contributed by atoms with E-state index < -0.39 is 28.5 Å². The van der Waals surface area contributed by atoms with Crippen molar-refractivity contribution in [1.29, 1.82) is 0 Å². The third-order valence-corrected chi connectivity index (χ3v) is 8.42. The van der Waals surface area contributed by atoms with Gasteiger partial charge in [-0.25, -0.2) is 18.2 Å². The fourth-order valence-corrected chi connectivity index (χ4v) is 6.13. The molecule has 0 atom stereocenters. The number of oxazole rings is 1. The Hall–Kier alpha value is -5.14. The van der Waals surface area contributed by atoms with Crippen LogP contribution in [-0.2, 0) is 19.6 Å². The number of amides is 1. The van der Waals surface area contributed by atoms with Crippen LogP contribution in [0.4, 0.5) is 10.8 Å². The maximum Gasteiger partial charge on any atom is 0.339 e. The van der Waals surface area contributed by atoms with Crippen LogP contribution in [0.3, 0.4) is 0 Å². The molecule has 210 valence electrons. The quantitative estimate of drug-likeness (QED) is 0.219. The normalized spacial score (nSPS) is 11.5. The van der Waals surface area contributed by atoms with Crippen molar-refractivity contribution in [1.82, 2.24) is 15.2 Å². The predicted octanol–water partition coefficient (Wildman–Crippen LogP) is 5.40. The summed E-state index contributed by atoms with van der Waals surface area (Å²) in [5, 5.41) is 12.3. The number of carbonyl (C=O) groups is 2. The second kappa shape index (κ2) is 11.0. The molecule has 0 spiro atoms. The van der Waals surface area contributed by atoms with Gasteiger partial charge in [-0.1, -0.05) is 47.7 Å². The number of benzene rings is 4. The maximum atomic E-state index is 13.1. The number of sulfonamides is 1. The van der Waals surface area contributed by atoms with E-state index in [-0.39, 0.29) is 15.6 Å². The first-order valence-corrected chi connectivity index (χ1v) is 14.8. The zero-order valence-electron chi connectivity index (χ0n) is 21.9. The fourth-order valence-electron chi connectivity index (χ4n) is 4.31. The van der Waals surface area contributed by atoms with Crippen LogP contribution in [0.5, 0.6) is 0 Å². The minimum absolute atomic E-state index is 0.0227. The SMILES string of the molecule is Cc1nnc(NS(=O)(=O)c2ccc(NC(=O)COC(=O)c3cccc4cccc(-c5nc6ccccc6o5)c34)cc2)s1. The number of aryl methyl sites for hydroxylation is 1. The van der Waals surface area contributed by atoms with E-state index in [0.717, 1.165) is 16.7 Å². The van der Waals surface area contributed by atoms with Crippen molar-refractivity contribution in [3.05, 3.63) is 95.5 Å².